The van der Waals surface area contributed by atoms with Crippen LogP contribution in [0.3, 0.4) is 0 Å². The van der Waals surface area contributed by atoms with E-state index < -0.39 is 11.6 Å². The Balaban J connectivity index is 1.19. The number of halogens is 2. The van der Waals surface area contributed by atoms with Crippen molar-refractivity contribution >= 4 is 28.3 Å². The number of nitrogens with zero attached hydrogens (tertiary/aromatic N) is 7. The Morgan fingerprint density at radius 1 is 0.917 bits per heavy atom. The van der Waals surface area contributed by atoms with Crippen molar-refractivity contribution in [2.75, 3.05) is 43.4 Å². The molecule has 9 nitrogen and oxygen atoms in total. The van der Waals surface area contributed by atoms with Gasteiger partial charge in [0.1, 0.15) is 23.0 Å². The molecular formula is C25H24F2N8O. The Bertz CT molecular complexity index is 1570. The third kappa shape index (κ3) is 3.87. The summed E-state index contributed by atoms with van der Waals surface area (Å²) in [7, 11) is 0. The minimum atomic E-state index is -0.569. The maximum Gasteiger partial charge on any atom is 0.225 e. The first-order valence-electron chi connectivity index (χ1n) is 11.7. The number of phenols is 1. The van der Waals surface area contributed by atoms with E-state index >= 15 is 0 Å². The van der Waals surface area contributed by atoms with Gasteiger partial charge in [-0.25, -0.2) is 13.8 Å². The molecule has 0 atom stereocenters. The van der Waals surface area contributed by atoms with Crippen LogP contribution in [-0.4, -0.2) is 66.9 Å². The first kappa shape index (κ1) is 22.2. The lowest BCUT2D eigenvalue weighted by atomic mass is 10.2. The summed E-state index contributed by atoms with van der Waals surface area (Å²) in [6, 6.07) is 12.5. The highest BCUT2D eigenvalue weighted by atomic mass is 19.1. The molecule has 1 fully saturated rings. The summed E-state index contributed by atoms with van der Waals surface area (Å²) in [5.41, 5.74) is 8.46. The van der Waals surface area contributed by atoms with Crippen LogP contribution in [0.15, 0.2) is 54.7 Å². The zero-order chi connectivity index (χ0) is 24.8. The minimum absolute atomic E-state index is 0.0935. The third-order valence-corrected chi connectivity index (χ3v) is 6.64. The van der Waals surface area contributed by atoms with E-state index in [0.29, 0.717) is 48.0 Å². The molecule has 0 saturated carbocycles. The van der Waals surface area contributed by atoms with Gasteiger partial charge in [0.05, 0.1) is 16.6 Å². The summed E-state index contributed by atoms with van der Waals surface area (Å²) in [6.07, 6.45) is 1.95. The van der Waals surface area contributed by atoms with E-state index in [1.54, 1.807) is 18.2 Å². The fourth-order valence-corrected chi connectivity index (χ4v) is 4.72. The van der Waals surface area contributed by atoms with Crippen LogP contribution in [0.1, 0.15) is 0 Å². The van der Waals surface area contributed by atoms with Gasteiger partial charge in [0.15, 0.2) is 11.5 Å². The zero-order valence-corrected chi connectivity index (χ0v) is 19.3. The second-order valence-corrected chi connectivity index (χ2v) is 8.83. The number of rotatable bonds is 5. The molecule has 1 aliphatic rings. The van der Waals surface area contributed by atoms with Crippen LogP contribution < -0.4 is 10.6 Å². The second-order valence-electron chi connectivity index (χ2n) is 8.83. The van der Waals surface area contributed by atoms with Gasteiger partial charge in [-0.05, 0) is 30.3 Å². The molecule has 4 heterocycles. The largest absolute Gasteiger partial charge is 0.507 e. The Kier molecular flexibility index (Phi) is 5.41. The summed E-state index contributed by atoms with van der Waals surface area (Å²) >= 11 is 0. The lowest BCUT2D eigenvalue weighted by Gasteiger charge is -2.36. The van der Waals surface area contributed by atoms with Gasteiger partial charge < -0.3 is 20.3 Å². The average Bonchev–Trinajstić information content (AvgIpc) is 3.48. The van der Waals surface area contributed by atoms with E-state index in [2.05, 4.69) is 20.0 Å². The molecule has 0 aliphatic carbocycles. The van der Waals surface area contributed by atoms with E-state index in [9.17, 15) is 13.9 Å². The van der Waals surface area contributed by atoms with Crippen LogP contribution in [0, 0.1) is 11.6 Å². The van der Waals surface area contributed by atoms with Crippen molar-refractivity contribution in [2.45, 2.75) is 6.54 Å². The lowest BCUT2D eigenvalue weighted by molar-refractivity contribution is 0.248. The molecule has 0 bridgehead atoms. The van der Waals surface area contributed by atoms with Crippen LogP contribution in [0.5, 0.6) is 5.75 Å². The average molecular weight is 491 g/mol. The van der Waals surface area contributed by atoms with Crippen molar-refractivity contribution in [3.63, 3.8) is 0 Å². The molecule has 1 aliphatic heterocycles. The number of hydrogen-bond donors (Lipinski definition) is 2. The summed E-state index contributed by atoms with van der Waals surface area (Å²) in [5.74, 6) is -0.424. The smallest absolute Gasteiger partial charge is 0.225 e. The summed E-state index contributed by atoms with van der Waals surface area (Å²) < 4.78 is 30.9. The number of anilines is 2. The van der Waals surface area contributed by atoms with Crippen molar-refractivity contribution in [3.8, 4) is 17.1 Å². The number of aromatic nitrogens is 5. The normalized spacial score (nSPS) is 14.8. The van der Waals surface area contributed by atoms with Crippen LogP contribution in [-0.2, 0) is 6.54 Å². The van der Waals surface area contributed by atoms with Crippen LogP contribution >= 0.6 is 0 Å². The van der Waals surface area contributed by atoms with E-state index in [-0.39, 0.29) is 11.7 Å². The fourth-order valence-electron chi connectivity index (χ4n) is 4.72. The summed E-state index contributed by atoms with van der Waals surface area (Å²) in [4.78, 5) is 13.5. The SMILES string of the molecule is Nc1nc2c(ccn2CCN2CCN(c3ccc(F)cc3F)CC2)c2nc(-c3ccccc3O)nn12. The summed E-state index contributed by atoms with van der Waals surface area (Å²) in [5, 5.41) is 15.5. The molecule has 5 aromatic rings. The van der Waals surface area contributed by atoms with E-state index in [4.69, 9.17) is 5.73 Å². The molecule has 184 valence electrons. The van der Waals surface area contributed by atoms with Gasteiger partial charge in [-0.15, -0.1) is 5.10 Å². The maximum absolute atomic E-state index is 14.1. The minimum Gasteiger partial charge on any atom is -0.507 e. The number of aromatic hydroxyl groups is 1. The number of phenolic OH excluding ortho intramolecular Hbond substituents is 1. The third-order valence-electron chi connectivity index (χ3n) is 6.64. The number of benzene rings is 2. The Hall–Kier alpha value is -4.25. The fraction of sp³-hybridized carbons (Fsp3) is 0.240. The molecule has 0 radical (unpaired) electrons. The molecule has 2 aromatic carbocycles. The predicted octanol–water partition coefficient (Wildman–Crippen LogP) is 3.13. The van der Waals surface area contributed by atoms with Crippen molar-refractivity contribution in [3.05, 3.63) is 66.4 Å². The second kappa shape index (κ2) is 8.76. The number of nitrogens with two attached hydrogens (primary N) is 1. The molecule has 36 heavy (non-hydrogen) atoms. The van der Waals surface area contributed by atoms with Gasteiger partial charge in [-0.2, -0.15) is 9.50 Å². The number of piperazine rings is 1. The number of hydrogen-bond acceptors (Lipinski definition) is 7. The van der Waals surface area contributed by atoms with Gasteiger partial charge in [0, 0.05) is 51.5 Å². The van der Waals surface area contributed by atoms with Gasteiger partial charge in [-0.3, -0.25) is 4.90 Å². The highest BCUT2D eigenvalue weighted by Crippen LogP contribution is 2.29. The molecule has 1 saturated heterocycles. The zero-order valence-electron chi connectivity index (χ0n) is 19.3. The predicted molar refractivity (Wildman–Crippen MR) is 133 cm³/mol. The molecular weight excluding hydrogens is 466 g/mol. The standard InChI is InChI=1S/C25H24F2N8O/c26-16-5-6-20(19(27)15-16)33-12-9-32(10-13-33)11-14-34-8-7-18-23(34)30-25(28)35-24(18)29-22(31-35)17-3-1-2-4-21(17)36/h1-8,15,36H,9-14H2,(H2,28,30). The highest BCUT2D eigenvalue weighted by Gasteiger charge is 2.21. The van der Waals surface area contributed by atoms with Crippen molar-refractivity contribution in [2.24, 2.45) is 0 Å². The molecule has 0 amide bonds. The van der Waals surface area contributed by atoms with Crippen LogP contribution in [0.4, 0.5) is 20.4 Å². The van der Waals surface area contributed by atoms with Gasteiger partial charge >= 0.3 is 0 Å². The highest BCUT2D eigenvalue weighted by molar-refractivity contribution is 5.91. The molecule has 6 rings (SSSR count). The quantitative estimate of drug-likeness (QED) is 0.390. The number of para-hydroxylation sites is 1. The first-order chi connectivity index (χ1) is 17.5. The van der Waals surface area contributed by atoms with E-state index in [0.717, 1.165) is 31.1 Å². The van der Waals surface area contributed by atoms with Crippen LogP contribution in [0.2, 0.25) is 0 Å². The Labute approximate surface area is 205 Å². The number of nitrogen functional groups attached to an aromatic ring is 1. The van der Waals surface area contributed by atoms with Gasteiger partial charge in [0.2, 0.25) is 5.95 Å². The van der Waals surface area contributed by atoms with Gasteiger partial charge in [-0.1, -0.05) is 12.1 Å². The van der Waals surface area contributed by atoms with Crippen molar-refractivity contribution in [1.82, 2.24) is 29.0 Å². The lowest BCUT2D eigenvalue weighted by Crippen LogP contribution is -2.47. The van der Waals surface area contributed by atoms with Gasteiger partial charge in [0.25, 0.3) is 0 Å². The number of fused-ring (bicyclic) bond motifs is 3. The molecule has 0 spiro atoms. The summed E-state index contributed by atoms with van der Waals surface area (Å²) in [6.45, 7) is 4.34. The van der Waals surface area contributed by atoms with E-state index in [1.807, 2.05) is 27.8 Å². The van der Waals surface area contributed by atoms with Crippen molar-refractivity contribution < 1.29 is 13.9 Å². The molecule has 0 unspecified atom stereocenters. The van der Waals surface area contributed by atoms with Crippen molar-refractivity contribution in [1.29, 1.82) is 0 Å². The van der Waals surface area contributed by atoms with Crippen LogP contribution in [0.25, 0.3) is 28.1 Å². The molecule has 3 N–H and O–H groups in total. The first-order valence-corrected chi connectivity index (χ1v) is 11.7. The Morgan fingerprint density at radius 3 is 2.50 bits per heavy atom. The molecule has 3 aromatic heterocycles. The topological polar surface area (TPSA) is 101 Å². The maximum atomic E-state index is 14.1. The Morgan fingerprint density at radius 2 is 1.72 bits per heavy atom. The monoisotopic (exact) mass is 490 g/mol. The molecule has 11 heteroatoms. The van der Waals surface area contributed by atoms with E-state index in [1.165, 1.54) is 16.6 Å².